The molecule has 0 aliphatic heterocycles. The summed E-state index contributed by atoms with van der Waals surface area (Å²) in [5, 5.41) is 2.46. The molecule has 0 aliphatic rings. The molecule has 0 aromatic carbocycles. The smallest absolute Gasteiger partial charge is 0.362 e. The van der Waals surface area contributed by atoms with E-state index in [9.17, 15) is 18.0 Å². The molecule has 0 spiro atoms. The van der Waals surface area contributed by atoms with Gasteiger partial charge < -0.3 is 10.1 Å². The van der Waals surface area contributed by atoms with Gasteiger partial charge in [-0.3, -0.25) is 4.79 Å². The summed E-state index contributed by atoms with van der Waals surface area (Å²) in [7, 11) is 0. The van der Waals surface area contributed by atoms with E-state index >= 15 is 0 Å². The Morgan fingerprint density at radius 1 is 1.50 bits per heavy atom. The van der Waals surface area contributed by atoms with E-state index < -0.39 is 25.3 Å². The van der Waals surface area contributed by atoms with E-state index in [0.717, 1.165) is 6.42 Å². The van der Waals surface area contributed by atoms with Gasteiger partial charge in [-0.1, -0.05) is 6.92 Å². The van der Waals surface area contributed by atoms with Gasteiger partial charge in [0.15, 0.2) is 0 Å². The van der Waals surface area contributed by atoms with Crippen LogP contribution in [0.15, 0.2) is 0 Å². The van der Waals surface area contributed by atoms with Gasteiger partial charge in [-0.25, -0.2) is 0 Å². The predicted octanol–water partition coefficient (Wildman–Crippen LogP) is 1.95. The number of nitrogens with one attached hydrogen (secondary N) is 1. The largest absolute Gasteiger partial charge is 0.411 e. The molecule has 0 aliphatic carbocycles. The molecule has 0 bridgehead atoms. The van der Waals surface area contributed by atoms with Crippen molar-refractivity contribution in [2.24, 2.45) is 5.92 Å². The fourth-order valence-electron chi connectivity index (χ4n) is 0.887. The Hall–Kier alpha value is -0.490. The van der Waals surface area contributed by atoms with Gasteiger partial charge in [-0.2, -0.15) is 13.2 Å². The highest BCUT2D eigenvalue weighted by atomic mass is 35.5. The van der Waals surface area contributed by atoms with Crippen LogP contribution in [0.2, 0.25) is 0 Å². The molecule has 0 aromatic heterocycles. The summed E-state index contributed by atoms with van der Waals surface area (Å²) < 4.78 is 39.1. The Kier molecular flexibility index (Phi) is 7.49. The standard InChI is InChI=1S/C9H15ClF3NO2/c1-7(2-3-10)4-14-8(15)5-16-6-9(11,12)13/h7H,2-6H2,1H3,(H,14,15). The van der Waals surface area contributed by atoms with Crippen LogP contribution in [-0.2, 0) is 9.53 Å². The number of carbonyl (C=O) groups is 1. The highest BCUT2D eigenvalue weighted by Crippen LogP contribution is 2.14. The third-order valence-corrected chi connectivity index (χ3v) is 1.97. The molecule has 0 aromatic rings. The SMILES string of the molecule is CC(CCCl)CNC(=O)COCC(F)(F)F. The molecule has 0 saturated carbocycles. The van der Waals surface area contributed by atoms with Crippen molar-refractivity contribution in [1.29, 1.82) is 0 Å². The van der Waals surface area contributed by atoms with E-state index in [1.165, 1.54) is 0 Å². The summed E-state index contributed by atoms with van der Waals surface area (Å²) in [6.45, 7) is 0.297. The van der Waals surface area contributed by atoms with E-state index in [1.807, 2.05) is 6.92 Å². The summed E-state index contributed by atoms with van der Waals surface area (Å²) >= 11 is 5.48. The number of alkyl halides is 4. The van der Waals surface area contributed by atoms with Gasteiger partial charge in [-0.05, 0) is 12.3 Å². The maximum Gasteiger partial charge on any atom is 0.411 e. The van der Waals surface area contributed by atoms with Crippen molar-refractivity contribution >= 4 is 17.5 Å². The molecule has 1 amide bonds. The first-order chi connectivity index (χ1) is 7.35. The monoisotopic (exact) mass is 261 g/mol. The fourth-order valence-corrected chi connectivity index (χ4v) is 1.26. The molecule has 0 fully saturated rings. The number of hydrogen-bond acceptors (Lipinski definition) is 2. The topological polar surface area (TPSA) is 38.3 Å². The van der Waals surface area contributed by atoms with Crippen LogP contribution in [0, 0.1) is 5.92 Å². The number of hydrogen-bond donors (Lipinski definition) is 1. The van der Waals surface area contributed by atoms with Crippen LogP contribution in [0.4, 0.5) is 13.2 Å². The second-order valence-electron chi connectivity index (χ2n) is 3.49. The Bertz CT molecular complexity index is 211. The first-order valence-corrected chi connectivity index (χ1v) is 5.35. The highest BCUT2D eigenvalue weighted by molar-refractivity contribution is 6.17. The summed E-state index contributed by atoms with van der Waals surface area (Å²) in [6, 6.07) is 0. The van der Waals surface area contributed by atoms with Crippen molar-refractivity contribution in [2.75, 3.05) is 25.6 Å². The van der Waals surface area contributed by atoms with Gasteiger partial charge in [0.1, 0.15) is 13.2 Å². The van der Waals surface area contributed by atoms with E-state index in [2.05, 4.69) is 10.1 Å². The summed E-state index contributed by atoms with van der Waals surface area (Å²) in [4.78, 5) is 11.0. The Morgan fingerprint density at radius 3 is 2.62 bits per heavy atom. The summed E-state index contributed by atoms with van der Waals surface area (Å²) in [6.07, 6.45) is -3.66. The fraction of sp³-hybridized carbons (Fsp3) is 0.889. The third kappa shape index (κ3) is 10.0. The van der Waals surface area contributed by atoms with Crippen molar-refractivity contribution in [3.63, 3.8) is 0 Å². The molecular formula is C9H15ClF3NO2. The van der Waals surface area contributed by atoms with Crippen LogP contribution >= 0.6 is 11.6 Å². The average Bonchev–Trinajstić information content (AvgIpc) is 2.13. The van der Waals surface area contributed by atoms with E-state index in [4.69, 9.17) is 11.6 Å². The van der Waals surface area contributed by atoms with Gasteiger partial charge in [0.05, 0.1) is 0 Å². The van der Waals surface area contributed by atoms with Gasteiger partial charge in [0, 0.05) is 12.4 Å². The number of halogens is 4. The molecular weight excluding hydrogens is 247 g/mol. The first kappa shape index (κ1) is 15.5. The molecule has 3 nitrogen and oxygen atoms in total. The van der Waals surface area contributed by atoms with Crippen LogP contribution < -0.4 is 5.32 Å². The normalized spacial score (nSPS) is 13.6. The summed E-state index contributed by atoms with van der Waals surface area (Å²) in [5.74, 6) is 0.136. The lowest BCUT2D eigenvalue weighted by Crippen LogP contribution is -2.32. The minimum absolute atomic E-state index is 0.198. The third-order valence-electron chi connectivity index (χ3n) is 1.75. The number of ether oxygens (including phenoxy) is 1. The highest BCUT2D eigenvalue weighted by Gasteiger charge is 2.27. The molecule has 16 heavy (non-hydrogen) atoms. The van der Waals surface area contributed by atoms with Crippen molar-refractivity contribution in [3.05, 3.63) is 0 Å². The number of carbonyl (C=O) groups excluding carboxylic acids is 1. The molecule has 96 valence electrons. The Morgan fingerprint density at radius 2 is 2.12 bits per heavy atom. The van der Waals surface area contributed by atoms with Gasteiger partial charge in [-0.15, -0.1) is 11.6 Å². The maximum atomic E-state index is 11.6. The van der Waals surface area contributed by atoms with E-state index in [-0.39, 0.29) is 5.92 Å². The Labute approximate surface area is 97.3 Å². The van der Waals surface area contributed by atoms with Crippen LogP contribution in [0.5, 0.6) is 0 Å². The van der Waals surface area contributed by atoms with Crippen molar-refractivity contribution < 1.29 is 22.7 Å². The molecule has 0 heterocycles. The summed E-state index contributed by atoms with van der Waals surface area (Å²) in [5.41, 5.74) is 0. The minimum Gasteiger partial charge on any atom is -0.362 e. The van der Waals surface area contributed by atoms with Crippen LogP contribution in [0.1, 0.15) is 13.3 Å². The lowest BCUT2D eigenvalue weighted by Gasteiger charge is -2.11. The van der Waals surface area contributed by atoms with E-state index in [1.54, 1.807) is 0 Å². The zero-order valence-electron chi connectivity index (χ0n) is 8.94. The molecule has 1 unspecified atom stereocenters. The zero-order valence-corrected chi connectivity index (χ0v) is 9.70. The van der Waals surface area contributed by atoms with Gasteiger partial charge >= 0.3 is 6.18 Å². The number of rotatable bonds is 7. The maximum absolute atomic E-state index is 11.6. The second kappa shape index (κ2) is 7.73. The second-order valence-corrected chi connectivity index (χ2v) is 3.87. The van der Waals surface area contributed by atoms with Crippen molar-refractivity contribution in [3.8, 4) is 0 Å². The van der Waals surface area contributed by atoms with Crippen LogP contribution in [0.3, 0.4) is 0 Å². The van der Waals surface area contributed by atoms with Crippen molar-refractivity contribution in [1.82, 2.24) is 5.32 Å². The van der Waals surface area contributed by atoms with E-state index in [0.29, 0.717) is 12.4 Å². The average molecular weight is 262 g/mol. The molecule has 1 N–H and O–H groups in total. The minimum atomic E-state index is -4.40. The number of amides is 1. The van der Waals surface area contributed by atoms with Crippen LogP contribution in [0.25, 0.3) is 0 Å². The molecule has 0 saturated heterocycles. The van der Waals surface area contributed by atoms with Crippen molar-refractivity contribution in [2.45, 2.75) is 19.5 Å². The lowest BCUT2D eigenvalue weighted by atomic mass is 10.1. The quantitative estimate of drug-likeness (QED) is 0.712. The van der Waals surface area contributed by atoms with Crippen LogP contribution in [-0.4, -0.2) is 37.7 Å². The van der Waals surface area contributed by atoms with Gasteiger partial charge in [0.25, 0.3) is 0 Å². The molecule has 0 rings (SSSR count). The first-order valence-electron chi connectivity index (χ1n) is 4.82. The predicted molar refractivity (Wildman–Crippen MR) is 54.4 cm³/mol. The molecule has 7 heteroatoms. The molecule has 0 radical (unpaired) electrons. The van der Waals surface area contributed by atoms with Gasteiger partial charge in [0.2, 0.25) is 5.91 Å². The molecule has 1 atom stereocenters. The lowest BCUT2D eigenvalue weighted by molar-refractivity contribution is -0.175. The Balaban J connectivity index is 3.52. The zero-order chi connectivity index (χ0) is 12.6.